The minimum Gasteiger partial charge on any atom is -0.756 e. The first kappa shape index (κ1) is 67.2. The number of quaternary nitrogens is 1. The predicted molar refractivity (Wildman–Crippen MR) is 291 cm³/mol. The zero-order valence-corrected chi connectivity index (χ0v) is 47.2. The van der Waals surface area contributed by atoms with Crippen molar-refractivity contribution >= 4 is 13.8 Å². The van der Waals surface area contributed by atoms with Crippen LogP contribution in [0.25, 0.3) is 0 Å². The smallest absolute Gasteiger partial charge is 0.306 e. The third-order valence-electron chi connectivity index (χ3n) is 13.6. The van der Waals surface area contributed by atoms with Gasteiger partial charge in [0.05, 0.1) is 34.4 Å². The van der Waals surface area contributed by atoms with Crippen molar-refractivity contribution in [3.8, 4) is 0 Å². The number of hydrogen-bond acceptors (Lipinski definition) is 7. The number of phosphoric ester groups is 1. The Bertz CT molecular complexity index is 1100. The highest BCUT2D eigenvalue weighted by molar-refractivity contribution is 7.45. The second kappa shape index (κ2) is 52.6. The lowest BCUT2D eigenvalue weighted by molar-refractivity contribution is -0.870. The van der Waals surface area contributed by atoms with Crippen LogP contribution in [0.1, 0.15) is 303 Å². The molecule has 0 N–H and O–H groups in total. The summed E-state index contributed by atoms with van der Waals surface area (Å²) in [6.07, 6.45) is 62.6. The second-order valence-corrected chi connectivity index (χ2v) is 23.1. The molecule has 0 saturated heterocycles. The van der Waals surface area contributed by atoms with Gasteiger partial charge in [0, 0.05) is 13.0 Å². The van der Waals surface area contributed by atoms with Crippen molar-refractivity contribution in [2.45, 2.75) is 309 Å². The number of ether oxygens (including phenoxy) is 2. The minimum atomic E-state index is -4.53. The van der Waals surface area contributed by atoms with Crippen LogP contribution in [0.4, 0.5) is 0 Å². The number of unbranched alkanes of at least 4 members (excludes halogenated alkanes) is 41. The van der Waals surface area contributed by atoms with E-state index in [1.165, 1.54) is 250 Å². The molecule has 0 aliphatic heterocycles. The number of nitrogens with zero attached hydrogens (tertiary/aromatic N) is 1. The molecule has 0 aromatic heterocycles. The third-order valence-corrected chi connectivity index (χ3v) is 14.5. The average molecular weight is 985 g/mol. The van der Waals surface area contributed by atoms with E-state index in [1.54, 1.807) is 0 Å². The van der Waals surface area contributed by atoms with Gasteiger partial charge in [-0.05, 0) is 38.5 Å². The van der Waals surface area contributed by atoms with Crippen molar-refractivity contribution in [1.29, 1.82) is 0 Å². The van der Waals surface area contributed by atoms with Gasteiger partial charge in [0.25, 0.3) is 7.82 Å². The van der Waals surface area contributed by atoms with Crippen LogP contribution in [0.3, 0.4) is 0 Å². The maximum atomic E-state index is 12.8. The molecule has 0 aromatic rings. The van der Waals surface area contributed by atoms with E-state index in [4.69, 9.17) is 18.5 Å². The molecule has 0 spiro atoms. The van der Waals surface area contributed by atoms with Gasteiger partial charge < -0.3 is 27.9 Å². The normalized spacial score (nSPS) is 13.4. The number of allylic oxidation sites excluding steroid dienone is 2. The van der Waals surface area contributed by atoms with Crippen LogP contribution in [-0.2, 0) is 27.9 Å². The lowest BCUT2D eigenvalue weighted by atomic mass is 10.0. The molecule has 0 aliphatic carbocycles. The van der Waals surface area contributed by atoms with Crippen LogP contribution < -0.4 is 4.89 Å². The van der Waals surface area contributed by atoms with Gasteiger partial charge in [0.2, 0.25) is 0 Å². The topological polar surface area (TPSA) is 94.1 Å². The number of esters is 1. The predicted octanol–water partition coefficient (Wildman–Crippen LogP) is 18.3. The standard InChI is InChI=1S/C59H118NO7P/c1-6-8-10-12-14-16-18-20-22-24-26-28-29-30-31-32-33-35-37-39-41-43-45-47-49-51-54-64-56-58(57-66-68(62,63)65-55-53-60(3,4)5)67-59(61)52-50-48-46-44-42-40-38-36-34-27-25-23-21-19-17-15-13-11-9-7-2/h24,26,58H,6-23,25,27-57H2,1-5H3/b26-24-. The number of phosphoric acid groups is 1. The highest BCUT2D eigenvalue weighted by Gasteiger charge is 2.20. The van der Waals surface area contributed by atoms with Crippen LogP contribution in [-0.4, -0.2) is 70.7 Å². The summed E-state index contributed by atoms with van der Waals surface area (Å²) in [6, 6.07) is 0. The first-order valence-electron chi connectivity index (χ1n) is 29.9. The van der Waals surface area contributed by atoms with Gasteiger partial charge in [-0.1, -0.05) is 270 Å². The molecule has 0 aliphatic rings. The van der Waals surface area contributed by atoms with Crippen LogP contribution in [0.5, 0.6) is 0 Å². The molecule has 0 bridgehead atoms. The van der Waals surface area contributed by atoms with Gasteiger partial charge in [-0.3, -0.25) is 9.36 Å². The fourth-order valence-corrected chi connectivity index (χ4v) is 9.69. The summed E-state index contributed by atoms with van der Waals surface area (Å²) in [7, 11) is 1.38. The number of carbonyl (C=O) groups excluding carboxylic acids is 1. The maximum absolute atomic E-state index is 12.8. The van der Waals surface area contributed by atoms with Crippen LogP contribution in [0.2, 0.25) is 0 Å². The number of hydrogen-bond donors (Lipinski definition) is 0. The molecular weight excluding hydrogens is 866 g/mol. The quantitative estimate of drug-likeness (QED) is 0.0197. The van der Waals surface area contributed by atoms with Crippen LogP contribution in [0, 0.1) is 0 Å². The molecule has 68 heavy (non-hydrogen) atoms. The molecule has 9 heteroatoms. The number of likely N-dealkylation sites (N-methyl/N-ethyl adjacent to an activating group) is 1. The summed E-state index contributed by atoms with van der Waals surface area (Å²) in [6.45, 7) is 5.50. The summed E-state index contributed by atoms with van der Waals surface area (Å²) in [5, 5.41) is 0. The van der Waals surface area contributed by atoms with E-state index in [0.717, 1.165) is 32.1 Å². The van der Waals surface area contributed by atoms with Crippen molar-refractivity contribution < 1.29 is 37.3 Å². The highest BCUT2D eigenvalue weighted by atomic mass is 31.2. The van der Waals surface area contributed by atoms with Crippen molar-refractivity contribution in [3.05, 3.63) is 12.2 Å². The number of carbonyl (C=O) groups is 1. The van der Waals surface area contributed by atoms with Gasteiger partial charge in [-0.2, -0.15) is 0 Å². The lowest BCUT2D eigenvalue weighted by Gasteiger charge is -2.28. The second-order valence-electron chi connectivity index (χ2n) is 21.7. The third kappa shape index (κ3) is 56.2. The summed E-state index contributed by atoms with van der Waals surface area (Å²) in [5.74, 6) is -0.325. The van der Waals surface area contributed by atoms with Crippen molar-refractivity contribution in [1.82, 2.24) is 0 Å². The van der Waals surface area contributed by atoms with Crippen molar-refractivity contribution in [3.63, 3.8) is 0 Å². The Labute approximate surface area is 424 Å². The molecule has 2 atom stereocenters. The monoisotopic (exact) mass is 984 g/mol. The Kier molecular flexibility index (Phi) is 52.0. The van der Waals surface area contributed by atoms with Crippen LogP contribution >= 0.6 is 7.82 Å². The van der Waals surface area contributed by atoms with Gasteiger partial charge in [0.1, 0.15) is 19.3 Å². The highest BCUT2D eigenvalue weighted by Crippen LogP contribution is 2.38. The van der Waals surface area contributed by atoms with Gasteiger partial charge in [-0.25, -0.2) is 0 Å². The van der Waals surface area contributed by atoms with E-state index in [0.29, 0.717) is 24.1 Å². The zero-order chi connectivity index (χ0) is 49.8. The number of rotatable bonds is 57. The van der Waals surface area contributed by atoms with E-state index in [1.807, 2.05) is 21.1 Å². The van der Waals surface area contributed by atoms with Gasteiger partial charge in [-0.15, -0.1) is 0 Å². The molecule has 0 amide bonds. The fraction of sp³-hybridized carbons (Fsp3) is 0.949. The first-order chi connectivity index (χ1) is 33.1. The Hall–Kier alpha value is -0.760. The molecule has 0 heterocycles. The molecular formula is C59H118NO7P. The first-order valence-corrected chi connectivity index (χ1v) is 31.4. The maximum Gasteiger partial charge on any atom is 0.306 e. The molecule has 2 unspecified atom stereocenters. The Balaban J connectivity index is 3.99. The molecule has 0 saturated carbocycles. The Morgan fingerprint density at radius 3 is 1.12 bits per heavy atom. The summed E-state index contributed by atoms with van der Waals surface area (Å²) in [5.41, 5.74) is 0. The Morgan fingerprint density at radius 2 is 0.765 bits per heavy atom. The van der Waals surface area contributed by atoms with Gasteiger partial charge in [0.15, 0.2) is 0 Å². The van der Waals surface area contributed by atoms with E-state index in [2.05, 4.69) is 26.0 Å². The lowest BCUT2D eigenvalue weighted by Crippen LogP contribution is -2.37. The van der Waals surface area contributed by atoms with E-state index >= 15 is 0 Å². The largest absolute Gasteiger partial charge is 0.756 e. The fourth-order valence-electron chi connectivity index (χ4n) is 8.96. The van der Waals surface area contributed by atoms with E-state index < -0.39 is 13.9 Å². The SMILES string of the molecule is CCCCCCCCCC/C=C\CCCCCCCCCCCCCCCCOCC(COP(=O)([O-])OCC[N+](C)(C)C)OC(=O)CCCCCCCCCCCCCCCCCCCCCC. The molecule has 406 valence electrons. The molecule has 0 aromatic carbocycles. The van der Waals surface area contributed by atoms with Crippen molar-refractivity contribution in [2.24, 2.45) is 0 Å². The van der Waals surface area contributed by atoms with E-state index in [-0.39, 0.29) is 25.8 Å². The summed E-state index contributed by atoms with van der Waals surface area (Å²) >= 11 is 0. The Morgan fingerprint density at radius 1 is 0.441 bits per heavy atom. The van der Waals surface area contributed by atoms with E-state index in [9.17, 15) is 14.3 Å². The van der Waals surface area contributed by atoms with Crippen LogP contribution in [0.15, 0.2) is 12.2 Å². The minimum absolute atomic E-state index is 0.0305. The summed E-state index contributed by atoms with van der Waals surface area (Å²) < 4.78 is 34.9. The summed E-state index contributed by atoms with van der Waals surface area (Å²) in [4.78, 5) is 25.3. The van der Waals surface area contributed by atoms with Gasteiger partial charge >= 0.3 is 5.97 Å². The molecule has 0 radical (unpaired) electrons. The average Bonchev–Trinajstić information content (AvgIpc) is 3.30. The molecule has 0 fully saturated rings. The molecule has 8 nitrogen and oxygen atoms in total. The zero-order valence-electron chi connectivity index (χ0n) is 46.3. The molecule has 0 rings (SSSR count). The van der Waals surface area contributed by atoms with Crippen molar-refractivity contribution in [2.75, 3.05) is 54.1 Å².